The Labute approximate surface area is 146 Å². The average Bonchev–Trinajstić information content (AvgIpc) is 2.87. The summed E-state index contributed by atoms with van der Waals surface area (Å²) >= 11 is 0. The van der Waals surface area contributed by atoms with Crippen molar-refractivity contribution in [3.05, 3.63) is 44.4 Å². The van der Waals surface area contributed by atoms with E-state index < -0.39 is 43.7 Å². The van der Waals surface area contributed by atoms with Gasteiger partial charge in [-0.3, -0.25) is 14.3 Å². The minimum atomic E-state index is -1.49. The molecule has 1 saturated heterocycles. The van der Waals surface area contributed by atoms with E-state index in [-0.39, 0.29) is 13.0 Å². The molecule has 25 heavy (non-hydrogen) atoms. The first-order chi connectivity index (χ1) is 11.6. The van der Waals surface area contributed by atoms with E-state index in [9.17, 15) is 19.5 Å². The van der Waals surface area contributed by atoms with Crippen molar-refractivity contribution < 1.29 is 19.4 Å². The molecule has 3 atom stereocenters. The summed E-state index contributed by atoms with van der Waals surface area (Å²) in [5, 5.41) is 10.1. The third kappa shape index (κ3) is 5.25. The van der Waals surface area contributed by atoms with E-state index in [4.69, 9.17) is 9.47 Å². The fourth-order valence-electron chi connectivity index (χ4n) is 2.37. The van der Waals surface area contributed by atoms with Crippen molar-refractivity contribution in [3.8, 4) is 0 Å². The Kier molecular flexibility index (Phi) is 5.81. The number of aromatic nitrogens is 2. The van der Waals surface area contributed by atoms with Crippen LogP contribution in [-0.2, 0) is 14.3 Å². The summed E-state index contributed by atoms with van der Waals surface area (Å²) < 4.78 is 12.0. The van der Waals surface area contributed by atoms with Crippen molar-refractivity contribution >= 4 is 14.0 Å². The maximum atomic E-state index is 11.9. The number of aliphatic hydroxyl groups excluding tert-OH is 1. The number of ether oxygens (including phenoxy) is 2. The van der Waals surface area contributed by atoms with Crippen LogP contribution in [0.5, 0.6) is 0 Å². The first-order valence-corrected chi connectivity index (χ1v) is 11.7. The average molecular weight is 368 g/mol. The number of aryl methyl sites for hydroxylation is 1. The van der Waals surface area contributed by atoms with Crippen molar-refractivity contribution in [2.24, 2.45) is 0 Å². The molecule has 2 heterocycles. The highest BCUT2D eigenvalue weighted by Crippen LogP contribution is 2.27. The highest BCUT2D eigenvalue weighted by atomic mass is 28.3. The van der Waals surface area contributed by atoms with Crippen molar-refractivity contribution in [2.75, 3.05) is 6.61 Å². The Balaban J connectivity index is 1.99. The molecule has 0 amide bonds. The van der Waals surface area contributed by atoms with Crippen LogP contribution in [0.25, 0.3) is 0 Å². The lowest BCUT2D eigenvalue weighted by molar-refractivity contribution is -0.144. The van der Waals surface area contributed by atoms with E-state index in [1.807, 2.05) is 5.70 Å². The first-order valence-electron chi connectivity index (χ1n) is 8.08. The van der Waals surface area contributed by atoms with Crippen molar-refractivity contribution in [1.82, 2.24) is 9.55 Å². The van der Waals surface area contributed by atoms with Gasteiger partial charge in [-0.1, -0.05) is 25.3 Å². The number of aromatic amines is 1. The predicted octanol–water partition coefficient (Wildman–Crippen LogP) is 0.470. The molecule has 8 nitrogen and oxygen atoms in total. The SMILES string of the molecule is Cc1cn([C@H]2C[C@H](O)[C@@H](COC(=O)/C=C/[Si](C)(C)C)O2)c(=O)[nH]c1=O. The lowest BCUT2D eigenvalue weighted by atomic mass is 10.2. The molecule has 1 aromatic rings. The van der Waals surface area contributed by atoms with Gasteiger partial charge >= 0.3 is 11.7 Å². The van der Waals surface area contributed by atoms with Crippen LogP contribution in [-0.4, -0.2) is 47.5 Å². The van der Waals surface area contributed by atoms with Gasteiger partial charge in [0, 0.05) is 24.3 Å². The van der Waals surface area contributed by atoms with Gasteiger partial charge < -0.3 is 14.6 Å². The van der Waals surface area contributed by atoms with E-state index in [2.05, 4.69) is 24.6 Å². The number of rotatable bonds is 5. The highest BCUT2D eigenvalue weighted by molar-refractivity contribution is 6.81. The maximum Gasteiger partial charge on any atom is 0.330 e. The van der Waals surface area contributed by atoms with Gasteiger partial charge in [-0.25, -0.2) is 9.59 Å². The normalized spacial score (nSPS) is 24.0. The minimum absolute atomic E-state index is 0.108. The number of hydrogen-bond acceptors (Lipinski definition) is 6. The Morgan fingerprint density at radius 1 is 1.48 bits per heavy atom. The van der Waals surface area contributed by atoms with Crippen LogP contribution >= 0.6 is 0 Å². The first kappa shape index (κ1) is 19.4. The van der Waals surface area contributed by atoms with Crippen LogP contribution in [0.1, 0.15) is 18.2 Å². The molecule has 1 aliphatic rings. The standard InChI is InChI=1S/C16H24N2O6Si/c1-10-8-18(16(22)17-15(10)21)13-7-11(19)12(24-13)9-23-14(20)5-6-25(2,3)4/h5-6,8,11-13,19H,7,9H2,1-4H3,(H,17,21,22)/b6-5+/t11-,12+,13+/m0/s1. The molecule has 1 fully saturated rings. The number of carbonyl (C=O) groups is 1. The molecule has 0 saturated carbocycles. The Morgan fingerprint density at radius 3 is 2.80 bits per heavy atom. The zero-order valence-corrected chi connectivity index (χ0v) is 15.8. The molecule has 0 unspecified atom stereocenters. The molecule has 1 aliphatic heterocycles. The summed E-state index contributed by atoms with van der Waals surface area (Å²) in [4.78, 5) is 37.2. The molecule has 0 bridgehead atoms. The van der Waals surface area contributed by atoms with Gasteiger partial charge in [0.15, 0.2) is 0 Å². The van der Waals surface area contributed by atoms with Crippen molar-refractivity contribution in [3.63, 3.8) is 0 Å². The number of aliphatic hydroxyl groups is 1. The third-order valence-corrected chi connectivity index (χ3v) is 4.94. The van der Waals surface area contributed by atoms with Crippen LogP contribution < -0.4 is 11.2 Å². The fourth-order valence-corrected chi connectivity index (χ4v) is 3.00. The maximum absolute atomic E-state index is 11.9. The molecule has 138 valence electrons. The molecule has 0 aromatic carbocycles. The molecular formula is C16H24N2O6Si. The van der Waals surface area contributed by atoms with Crippen LogP contribution in [0.4, 0.5) is 0 Å². The van der Waals surface area contributed by atoms with Crippen molar-refractivity contribution in [1.29, 1.82) is 0 Å². The molecule has 0 spiro atoms. The Bertz CT molecular complexity index is 776. The van der Waals surface area contributed by atoms with E-state index >= 15 is 0 Å². The Morgan fingerprint density at radius 2 is 2.16 bits per heavy atom. The topological polar surface area (TPSA) is 111 Å². The smallest absolute Gasteiger partial charge is 0.330 e. The highest BCUT2D eigenvalue weighted by Gasteiger charge is 2.36. The summed E-state index contributed by atoms with van der Waals surface area (Å²) in [5.41, 5.74) is 1.17. The lowest BCUT2D eigenvalue weighted by Gasteiger charge is -2.16. The summed E-state index contributed by atoms with van der Waals surface area (Å²) in [7, 11) is -1.49. The van der Waals surface area contributed by atoms with Gasteiger partial charge in [0.25, 0.3) is 5.56 Å². The van der Waals surface area contributed by atoms with Gasteiger partial charge in [0.1, 0.15) is 18.9 Å². The summed E-state index contributed by atoms with van der Waals surface area (Å²) in [5.74, 6) is -0.487. The summed E-state index contributed by atoms with van der Waals surface area (Å²) in [6.45, 7) is 7.74. The number of esters is 1. The lowest BCUT2D eigenvalue weighted by Crippen LogP contribution is -2.33. The van der Waals surface area contributed by atoms with Crippen LogP contribution in [0.2, 0.25) is 19.6 Å². The molecule has 1 aromatic heterocycles. The monoisotopic (exact) mass is 368 g/mol. The fraction of sp³-hybridized carbons (Fsp3) is 0.562. The van der Waals surface area contributed by atoms with Crippen LogP contribution in [0.3, 0.4) is 0 Å². The summed E-state index contributed by atoms with van der Waals surface area (Å²) in [6.07, 6.45) is 0.633. The number of carbonyl (C=O) groups excluding carboxylic acids is 1. The number of nitrogens with zero attached hydrogens (tertiary/aromatic N) is 1. The number of hydrogen-bond donors (Lipinski definition) is 2. The minimum Gasteiger partial charge on any atom is -0.460 e. The van der Waals surface area contributed by atoms with E-state index in [1.54, 1.807) is 6.92 Å². The molecule has 2 rings (SSSR count). The second-order valence-corrected chi connectivity index (χ2v) is 12.3. The molecule has 9 heteroatoms. The largest absolute Gasteiger partial charge is 0.460 e. The van der Waals surface area contributed by atoms with E-state index in [0.717, 1.165) is 0 Å². The molecular weight excluding hydrogens is 344 g/mol. The number of H-pyrrole nitrogens is 1. The van der Waals surface area contributed by atoms with E-state index in [0.29, 0.717) is 5.56 Å². The third-order valence-electron chi connectivity index (χ3n) is 3.77. The Hall–Kier alpha value is -1.97. The van der Waals surface area contributed by atoms with Gasteiger partial charge in [-0.2, -0.15) is 0 Å². The van der Waals surface area contributed by atoms with E-state index in [1.165, 1.54) is 16.8 Å². The molecule has 2 N–H and O–H groups in total. The van der Waals surface area contributed by atoms with Gasteiger partial charge in [-0.15, -0.1) is 0 Å². The molecule has 0 radical (unpaired) electrons. The van der Waals surface area contributed by atoms with Gasteiger partial charge in [-0.05, 0) is 6.92 Å². The van der Waals surface area contributed by atoms with Crippen LogP contribution in [0.15, 0.2) is 27.6 Å². The quantitative estimate of drug-likeness (QED) is 0.444. The van der Waals surface area contributed by atoms with Crippen LogP contribution in [0, 0.1) is 6.92 Å². The zero-order valence-electron chi connectivity index (χ0n) is 14.8. The van der Waals surface area contributed by atoms with Crippen molar-refractivity contribution in [2.45, 2.75) is 51.4 Å². The van der Waals surface area contributed by atoms with Gasteiger partial charge in [0.2, 0.25) is 0 Å². The number of nitrogens with one attached hydrogen (secondary N) is 1. The van der Waals surface area contributed by atoms with Gasteiger partial charge in [0.05, 0.1) is 14.2 Å². The predicted molar refractivity (Wildman–Crippen MR) is 94.0 cm³/mol. The zero-order chi connectivity index (χ0) is 18.8. The summed E-state index contributed by atoms with van der Waals surface area (Å²) in [6, 6.07) is 0. The second-order valence-electron chi connectivity index (χ2n) is 7.24. The molecule has 0 aliphatic carbocycles. The second kappa shape index (κ2) is 7.50.